The first-order valence-electron chi connectivity index (χ1n) is 9.83. The number of halogens is 1. The molecule has 0 unspecified atom stereocenters. The largest absolute Gasteiger partial charge is 0.496 e. The summed E-state index contributed by atoms with van der Waals surface area (Å²) in [7, 11) is 1.50. The van der Waals surface area contributed by atoms with Crippen LogP contribution in [0.15, 0.2) is 53.8 Å². The third-order valence-corrected chi connectivity index (χ3v) is 5.18. The monoisotopic (exact) mass is 403 g/mol. The maximum atomic E-state index is 13.3. The average molecular weight is 403 g/mol. The maximum Gasteiger partial charge on any atom is 0.139 e. The molecule has 0 N–H and O–H groups in total. The van der Waals surface area contributed by atoms with Crippen molar-refractivity contribution in [3.05, 3.63) is 88.3 Å². The van der Waals surface area contributed by atoms with Gasteiger partial charge in [-0.15, -0.1) is 0 Å². The molecule has 0 saturated heterocycles. The number of ether oxygens (including phenoxy) is 1. The highest BCUT2D eigenvalue weighted by Crippen LogP contribution is 2.24. The van der Waals surface area contributed by atoms with E-state index in [2.05, 4.69) is 15.0 Å². The number of carbonyl (C=O) groups excluding carboxylic acids is 1. The highest BCUT2D eigenvalue weighted by atomic mass is 19.1. The highest BCUT2D eigenvalue weighted by Gasteiger charge is 2.19. The Hall–Kier alpha value is -3.41. The molecule has 1 aromatic carbocycles. The van der Waals surface area contributed by atoms with E-state index in [0.717, 1.165) is 39.4 Å². The molecule has 6 heteroatoms. The van der Waals surface area contributed by atoms with Crippen molar-refractivity contribution in [3.8, 4) is 5.75 Å². The molecule has 0 saturated carbocycles. The van der Waals surface area contributed by atoms with E-state index in [1.54, 1.807) is 12.3 Å². The van der Waals surface area contributed by atoms with Gasteiger partial charge in [0.2, 0.25) is 0 Å². The second-order valence-electron chi connectivity index (χ2n) is 7.36. The van der Waals surface area contributed by atoms with Gasteiger partial charge in [0.05, 0.1) is 19.4 Å². The third-order valence-electron chi connectivity index (χ3n) is 5.18. The molecular formula is C24H22FN3O2. The number of rotatable bonds is 7. The van der Waals surface area contributed by atoms with Crippen molar-refractivity contribution >= 4 is 11.5 Å². The van der Waals surface area contributed by atoms with Gasteiger partial charge in [-0.25, -0.2) is 4.39 Å². The molecule has 0 spiro atoms. The fourth-order valence-corrected chi connectivity index (χ4v) is 3.67. The van der Waals surface area contributed by atoms with Gasteiger partial charge in [0.15, 0.2) is 0 Å². The van der Waals surface area contributed by atoms with Crippen molar-refractivity contribution < 1.29 is 13.9 Å². The molecule has 152 valence electrons. The Bertz CT molecular complexity index is 1140. The molecule has 0 amide bonds. The lowest BCUT2D eigenvalue weighted by atomic mass is 10.00. The lowest BCUT2D eigenvalue weighted by molar-refractivity contribution is -0.118. The zero-order valence-corrected chi connectivity index (χ0v) is 17.0. The summed E-state index contributed by atoms with van der Waals surface area (Å²) in [5.41, 5.74) is 6.54. The number of aryl methyl sites for hydroxylation is 2. The van der Waals surface area contributed by atoms with Crippen LogP contribution >= 0.6 is 0 Å². The minimum Gasteiger partial charge on any atom is -0.496 e. The molecule has 5 nitrogen and oxygen atoms in total. The smallest absolute Gasteiger partial charge is 0.139 e. The average Bonchev–Trinajstić information content (AvgIpc) is 3.16. The van der Waals surface area contributed by atoms with Crippen LogP contribution in [0.1, 0.15) is 40.1 Å². The summed E-state index contributed by atoms with van der Waals surface area (Å²) in [6, 6.07) is 10.3. The number of aromatic nitrogens is 2. The van der Waals surface area contributed by atoms with E-state index in [0.29, 0.717) is 25.1 Å². The number of benzene rings is 1. The van der Waals surface area contributed by atoms with Crippen molar-refractivity contribution in [1.82, 2.24) is 9.97 Å². The number of fused-ring (bicyclic) bond motifs is 1. The maximum absolute atomic E-state index is 13.3. The fourth-order valence-electron chi connectivity index (χ4n) is 3.67. The lowest BCUT2D eigenvalue weighted by Gasteiger charge is -2.09. The molecular weight excluding hydrogens is 381 g/mol. The number of Topliss-reactive ketones (excluding diaryl/α,β-unsaturated/α-hetero) is 1. The van der Waals surface area contributed by atoms with E-state index < -0.39 is 0 Å². The topological polar surface area (TPSA) is 64.4 Å². The Morgan fingerprint density at radius 2 is 2.03 bits per heavy atom. The molecule has 0 fully saturated rings. The van der Waals surface area contributed by atoms with Crippen molar-refractivity contribution in [3.63, 3.8) is 0 Å². The molecule has 1 aliphatic heterocycles. The van der Waals surface area contributed by atoms with Crippen LogP contribution in [0, 0.1) is 12.7 Å². The number of nitrogens with zero attached hydrogens (tertiary/aromatic N) is 3. The van der Waals surface area contributed by atoms with Crippen molar-refractivity contribution in [2.75, 3.05) is 7.11 Å². The molecule has 2 aromatic heterocycles. The number of hydrogen-bond donors (Lipinski definition) is 0. The standard InChI is InChI=1S/C24H22FN3O2/c1-15-9-17(7-8-26-15)24-22-14-27-20(10-18(22)13-28-24)12-21(29)6-4-16-3-5-19(25)11-23(16)30-2/h3,5,7-11,14H,4,6,12-13H2,1-2H3. The normalized spacial score (nSPS) is 12.4. The minimum atomic E-state index is -0.354. The van der Waals surface area contributed by atoms with Gasteiger partial charge in [-0.2, -0.15) is 0 Å². The van der Waals surface area contributed by atoms with Crippen molar-refractivity contribution in [1.29, 1.82) is 0 Å². The van der Waals surface area contributed by atoms with Crippen LogP contribution in [0.2, 0.25) is 0 Å². The first-order valence-corrected chi connectivity index (χ1v) is 9.83. The number of aliphatic imine (C=N–C) groups is 1. The van der Waals surface area contributed by atoms with E-state index in [-0.39, 0.29) is 18.0 Å². The molecule has 0 atom stereocenters. The fraction of sp³-hybridized carbons (Fsp3) is 0.250. The van der Waals surface area contributed by atoms with Crippen molar-refractivity contribution in [2.24, 2.45) is 4.99 Å². The van der Waals surface area contributed by atoms with E-state index in [9.17, 15) is 9.18 Å². The van der Waals surface area contributed by atoms with Gasteiger partial charge in [0.25, 0.3) is 0 Å². The van der Waals surface area contributed by atoms with Gasteiger partial charge in [-0.3, -0.25) is 19.8 Å². The number of methoxy groups -OCH3 is 1. The molecule has 0 bridgehead atoms. The number of carbonyl (C=O) groups is 1. The van der Waals surface area contributed by atoms with Gasteiger partial charge in [-0.1, -0.05) is 6.07 Å². The zero-order valence-electron chi connectivity index (χ0n) is 17.0. The van der Waals surface area contributed by atoms with Crippen LogP contribution in [0.3, 0.4) is 0 Å². The second kappa shape index (κ2) is 8.53. The highest BCUT2D eigenvalue weighted by molar-refractivity contribution is 6.15. The summed E-state index contributed by atoms with van der Waals surface area (Å²) >= 11 is 0. The van der Waals surface area contributed by atoms with Crippen LogP contribution in [-0.2, 0) is 24.2 Å². The van der Waals surface area contributed by atoms with E-state index in [4.69, 9.17) is 4.74 Å². The van der Waals surface area contributed by atoms with E-state index in [1.807, 2.05) is 31.3 Å². The SMILES string of the molecule is COc1cc(F)ccc1CCC(=O)Cc1cc2c(cn1)C(c1ccnc(C)c1)=NC2. The number of hydrogen-bond acceptors (Lipinski definition) is 5. The lowest BCUT2D eigenvalue weighted by Crippen LogP contribution is -2.08. The quantitative estimate of drug-likeness (QED) is 0.598. The van der Waals surface area contributed by atoms with Crippen LogP contribution in [0.4, 0.5) is 4.39 Å². The van der Waals surface area contributed by atoms with Gasteiger partial charge >= 0.3 is 0 Å². The molecule has 3 heterocycles. The Balaban J connectivity index is 1.41. The first kappa shape index (κ1) is 19.9. The minimum absolute atomic E-state index is 0.0812. The Morgan fingerprint density at radius 3 is 2.83 bits per heavy atom. The van der Waals surface area contributed by atoms with E-state index in [1.165, 1.54) is 19.2 Å². The van der Waals surface area contributed by atoms with Crippen LogP contribution < -0.4 is 4.74 Å². The first-order chi connectivity index (χ1) is 14.5. The van der Waals surface area contributed by atoms with Gasteiger partial charge in [-0.05, 0) is 48.7 Å². The van der Waals surface area contributed by atoms with Crippen LogP contribution in [0.5, 0.6) is 5.75 Å². The van der Waals surface area contributed by atoms with Gasteiger partial charge in [0, 0.05) is 53.8 Å². The summed E-state index contributed by atoms with van der Waals surface area (Å²) in [5, 5.41) is 0. The van der Waals surface area contributed by atoms with Gasteiger partial charge < -0.3 is 4.74 Å². The molecule has 4 rings (SSSR count). The van der Waals surface area contributed by atoms with E-state index >= 15 is 0 Å². The van der Waals surface area contributed by atoms with Crippen LogP contribution in [0.25, 0.3) is 0 Å². The predicted octanol–water partition coefficient (Wildman–Crippen LogP) is 4.03. The third kappa shape index (κ3) is 4.27. The molecule has 3 aromatic rings. The van der Waals surface area contributed by atoms with Crippen molar-refractivity contribution in [2.45, 2.75) is 32.7 Å². The Morgan fingerprint density at radius 1 is 1.17 bits per heavy atom. The summed E-state index contributed by atoms with van der Waals surface area (Å²) < 4.78 is 18.5. The van der Waals surface area contributed by atoms with Gasteiger partial charge in [0.1, 0.15) is 17.3 Å². The zero-order chi connectivity index (χ0) is 21.1. The molecule has 0 radical (unpaired) electrons. The summed E-state index contributed by atoms with van der Waals surface area (Å²) in [5.74, 6) is 0.194. The summed E-state index contributed by atoms with van der Waals surface area (Å²) in [6.45, 7) is 2.54. The predicted molar refractivity (Wildman–Crippen MR) is 113 cm³/mol. The second-order valence-corrected chi connectivity index (χ2v) is 7.36. The Labute approximate surface area is 174 Å². The molecule has 0 aliphatic carbocycles. The summed E-state index contributed by atoms with van der Waals surface area (Å²) in [6.07, 6.45) is 4.70. The molecule has 30 heavy (non-hydrogen) atoms. The molecule has 1 aliphatic rings. The van der Waals surface area contributed by atoms with Crippen LogP contribution in [-0.4, -0.2) is 28.6 Å². The number of pyridine rings is 2. The number of ketones is 1. The summed E-state index contributed by atoms with van der Waals surface area (Å²) in [4.78, 5) is 25.9. The Kier molecular flexibility index (Phi) is 5.65.